The smallest absolute Gasteiger partial charge is 0.220 e. The van der Waals surface area contributed by atoms with E-state index in [1.807, 2.05) is 49.4 Å². The zero-order valence-corrected chi connectivity index (χ0v) is 16.6. The summed E-state index contributed by atoms with van der Waals surface area (Å²) in [5.41, 5.74) is 1.69. The molecule has 0 saturated carbocycles. The van der Waals surface area contributed by atoms with Gasteiger partial charge >= 0.3 is 0 Å². The number of rotatable bonds is 8. The Kier molecular flexibility index (Phi) is 6.09. The number of benzene rings is 2. The molecular weight excluding hydrogens is 358 g/mol. The molecule has 0 fully saturated rings. The van der Waals surface area contributed by atoms with E-state index in [-0.39, 0.29) is 11.9 Å². The van der Waals surface area contributed by atoms with Crippen LogP contribution >= 0.6 is 0 Å². The molecule has 0 spiro atoms. The third kappa shape index (κ3) is 4.22. The lowest BCUT2D eigenvalue weighted by Gasteiger charge is -2.12. The summed E-state index contributed by atoms with van der Waals surface area (Å²) in [6.45, 7) is 1.90. The van der Waals surface area contributed by atoms with E-state index in [4.69, 9.17) is 18.6 Å². The molecule has 0 saturated heterocycles. The van der Waals surface area contributed by atoms with Gasteiger partial charge in [0.1, 0.15) is 5.76 Å². The number of nitrogens with one attached hydrogen (secondary N) is 1. The van der Waals surface area contributed by atoms with Crippen LogP contribution in [-0.2, 0) is 11.2 Å². The SMILES string of the molecule is COc1ccc(CCC(=O)NC(C)c2cc3cccc(OC)c3o2)cc1OC. The summed E-state index contributed by atoms with van der Waals surface area (Å²) in [4.78, 5) is 12.4. The van der Waals surface area contributed by atoms with Crippen LogP contribution in [0.15, 0.2) is 46.9 Å². The first kappa shape index (κ1) is 19.6. The van der Waals surface area contributed by atoms with E-state index < -0.39 is 0 Å². The standard InChI is InChI=1S/C22H25NO5/c1-14(19-13-16-6-5-7-18(26-3)22(16)28-19)23-21(24)11-9-15-8-10-17(25-2)20(12-15)27-4/h5-8,10,12-14H,9,11H2,1-4H3,(H,23,24). The number of para-hydroxylation sites is 1. The van der Waals surface area contributed by atoms with E-state index in [1.54, 1.807) is 21.3 Å². The van der Waals surface area contributed by atoms with E-state index in [0.717, 1.165) is 10.9 Å². The highest BCUT2D eigenvalue weighted by Gasteiger charge is 2.16. The number of aryl methyl sites for hydroxylation is 1. The van der Waals surface area contributed by atoms with Crippen molar-refractivity contribution >= 4 is 16.9 Å². The summed E-state index contributed by atoms with van der Waals surface area (Å²) in [6.07, 6.45) is 0.968. The Morgan fingerprint density at radius 2 is 1.75 bits per heavy atom. The topological polar surface area (TPSA) is 69.9 Å². The Morgan fingerprint density at radius 3 is 2.46 bits per heavy atom. The lowest BCUT2D eigenvalue weighted by Crippen LogP contribution is -2.26. The van der Waals surface area contributed by atoms with E-state index in [0.29, 0.717) is 41.4 Å². The van der Waals surface area contributed by atoms with Crippen LogP contribution in [0.4, 0.5) is 0 Å². The summed E-state index contributed by atoms with van der Waals surface area (Å²) in [7, 11) is 4.80. The van der Waals surface area contributed by atoms with Gasteiger partial charge in [-0.25, -0.2) is 0 Å². The fourth-order valence-corrected chi connectivity index (χ4v) is 3.11. The van der Waals surface area contributed by atoms with Crippen molar-refractivity contribution in [1.82, 2.24) is 5.32 Å². The lowest BCUT2D eigenvalue weighted by molar-refractivity contribution is -0.121. The van der Waals surface area contributed by atoms with Gasteiger partial charge in [-0.15, -0.1) is 0 Å². The van der Waals surface area contributed by atoms with Gasteiger partial charge in [0.2, 0.25) is 5.91 Å². The second-order valence-corrected chi connectivity index (χ2v) is 6.51. The van der Waals surface area contributed by atoms with Crippen molar-refractivity contribution in [1.29, 1.82) is 0 Å². The van der Waals surface area contributed by atoms with Crippen molar-refractivity contribution in [3.63, 3.8) is 0 Å². The highest BCUT2D eigenvalue weighted by atomic mass is 16.5. The molecular formula is C22H25NO5. The first-order valence-corrected chi connectivity index (χ1v) is 9.12. The molecule has 0 aliphatic rings. The predicted octanol–water partition coefficient (Wildman–Crippen LogP) is 4.27. The second-order valence-electron chi connectivity index (χ2n) is 6.51. The van der Waals surface area contributed by atoms with Gasteiger partial charge < -0.3 is 23.9 Å². The predicted molar refractivity (Wildman–Crippen MR) is 107 cm³/mol. The Balaban J connectivity index is 1.62. The number of hydrogen-bond donors (Lipinski definition) is 1. The van der Waals surface area contributed by atoms with Gasteiger partial charge in [0.15, 0.2) is 22.8 Å². The van der Waals surface area contributed by atoms with E-state index >= 15 is 0 Å². The van der Waals surface area contributed by atoms with Crippen molar-refractivity contribution < 1.29 is 23.4 Å². The lowest BCUT2D eigenvalue weighted by atomic mass is 10.1. The van der Waals surface area contributed by atoms with Gasteiger partial charge in [0, 0.05) is 11.8 Å². The van der Waals surface area contributed by atoms with Crippen LogP contribution in [0, 0.1) is 0 Å². The number of hydrogen-bond acceptors (Lipinski definition) is 5. The summed E-state index contributed by atoms with van der Waals surface area (Å²) < 4.78 is 21.8. The average molecular weight is 383 g/mol. The number of amides is 1. The van der Waals surface area contributed by atoms with Crippen LogP contribution in [0.2, 0.25) is 0 Å². The van der Waals surface area contributed by atoms with Crippen molar-refractivity contribution in [3.05, 3.63) is 53.8 Å². The fraction of sp³-hybridized carbons (Fsp3) is 0.318. The van der Waals surface area contributed by atoms with Gasteiger partial charge in [0.25, 0.3) is 0 Å². The minimum absolute atomic E-state index is 0.0466. The molecule has 0 aliphatic carbocycles. The number of fused-ring (bicyclic) bond motifs is 1. The molecule has 1 unspecified atom stereocenters. The van der Waals surface area contributed by atoms with Gasteiger partial charge in [0.05, 0.1) is 27.4 Å². The quantitative estimate of drug-likeness (QED) is 0.629. The molecule has 0 radical (unpaired) electrons. The third-order valence-corrected chi connectivity index (χ3v) is 4.64. The van der Waals surface area contributed by atoms with Crippen LogP contribution in [0.5, 0.6) is 17.2 Å². The Labute approximate surface area is 164 Å². The highest BCUT2D eigenvalue weighted by Crippen LogP contribution is 2.31. The Bertz CT molecular complexity index is 963. The summed E-state index contributed by atoms with van der Waals surface area (Å²) in [5.74, 6) is 2.65. The van der Waals surface area contributed by atoms with Crippen LogP contribution in [-0.4, -0.2) is 27.2 Å². The molecule has 28 heavy (non-hydrogen) atoms. The number of carbonyl (C=O) groups is 1. The minimum atomic E-state index is -0.241. The molecule has 6 heteroatoms. The zero-order chi connectivity index (χ0) is 20.1. The molecule has 148 valence electrons. The van der Waals surface area contributed by atoms with Gasteiger partial charge in [-0.05, 0) is 43.2 Å². The minimum Gasteiger partial charge on any atom is -0.493 e. The maximum absolute atomic E-state index is 12.4. The molecule has 3 aromatic rings. The van der Waals surface area contributed by atoms with Crippen LogP contribution in [0.25, 0.3) is 11.0 Å². The summed E-state index contributed by atoms with van der Waals surface area (Å²) >= 11 is 0. The van der Waals surface area contributed by atoms with E-state index in [9.17, 15) is 4.79 Å². The monoisotopic (exact) mass is 383 g/mol. The average Bonchev–Trinajstić information content (AvgIpc) is 3.16. The molecule has 1 heterocycles. The van der Waals surface area contributed by atoms with E-state index in [2.05, 4.69) is 5.32 Å². The van der Waals surface area contributed by atoms with Gasteiger partial charge in [-0.3, -0.25) is 4.79 Å². The normalized spacial score (nSPS) is 11.9. The largest absolute Gasteiger partial charge is 0.493 e. The molecule has 1 N–H and O–H groups in total. The Morgan fingerprint density at radius 1 is 1.00 bits per heavy atom. The molecule has 1 aromatic heterocycles. The molecule has 6 nitrogen and oxygen atoms in total. The highest BCUT2D eigenvalue weighted by molar-refractivity contribution is 5.84. The van der Waals surface area contributed by atoms with Crippen molar-refractivity contribution in [2.75, 3.05) is 21.3 Å². The second kappa shape index (κ2) is 8.69. The molecule has 1 atom stereocenters. The number of carbonyl (C=O) groups excluding carboxylic acids is 1. The molecule has 3 rings (SSSR count). The molecule has 2 aromatic carbocycles. The maximum atomic E-state index is 12.4. The number of ether oxygens (including phenoxy) is 3. The first-order chi connectivity index (χ1) is 13.5. The zero-order valence-electron chi connectivity index (χ0n) is 16.6. The molecule has 1 amide bonds. The number of methoxy groups -OCH3 is 3. The van der Waals surface area contributed by atoms with Crippen molar-refractivity contribution in [2.45, 2.75) is 25.8 Å². The number of furan rings is 1. The molecule has 0 bridgehead atoms. The first-order valence-electron chi connectivity index (χ1n) is 9.12. The fourth-order valence-electron chi connectivity index (χ4n) is 3.11. The van der Waals surface area contributed by atoms with E-state index in [1.165, 1.54) is 0 Å². The van der Waals surface area contributed by atoms with Crippen molar-refractivity contribution in [3.8, 4) is 17.2 Å². The third-order valence-electron chi connectivity index (χ3n) is 4.64. The van der Waals surface area contributed by atoms with Crippen LogP contribution in [0.1, 0.15) is 30.7 Å². The van der Waals surface area contributed by atoms with Crippen LogP contribution in [0.3, 0.4) is 0 Å². The summed E-state index contributed by atoms with van der Waals surface area (Å²) in [5, 5.41) is 3.93. The summed E-state index contributed by atoms with van der Waals surface area (Å²) in [6, 6.07) is 13.1. The van der Waals surface area contributed by atoms with Gasteiger partial charge in [-0.1, -0.05) is 18.2 Å². The Hall–Kier alpha value is -3.15. The van der Waals surface area contributed by atoms with Gasteiger partial charge in [-0.2, -0.15) is 0 Å². The van der Waals surface area contributed by atoms with Crippen molar-refractivity contribution in [2.24, 2.45) is 0 Å². The maximum Gasteiger partial charge on any atom is 0.220 e. The van der Waals surface area contributed by atoms with Crippen LogP contribution < -0.4 is 19.5 Å². The molecule has 0 aliphatic heterocycles.